The lowest BCUT2D eigenvalue weighted by Gasteiger charge is -2.21. The first-order chi connectivity index (χ1) is 11.6. The van der Waals surface area contributed by atoms with Crippen LogP contribution in [0.5, 0.6) is 0 Å². The summed E-state index contributed by atoms with van der Waals surface area (Å²) in [4.78, 5) is 7.31. The lowest BCUT2D eigenvalue weighted by molar-refractivity contribution is -0.662. The van der Waals surface area contributed by atoms with Gasteiger partial charge in [-0.3, -0.25) is 0 Å². The predicted molar refractivity (Wildman–Crippen MR) is 99.5 cm³/mol. The van der Waals surface area contributed by atoms with E-state index >= 15 is 0 Å². The Labute approximate surface area is 145 Å². The molecule has 0 atom stereocenters. The first-order valence-corrected chi connectivity index (χ1v) is 8.94. The lowest BCUT2D eigenvalue weighted by Crippen LogP contribution is -2.32. The minimum Gasteiger partial charge on any atom is -0.232 e. The predicted octanol–water partition coefficient (Wildman–Crippen LogP) is 4.96. The van der Waals surface area contributed by atoms with E-state index < -0.39 is 0 Å². The van der Waals surface area contributed by atoms with Gasteiger partial charge in [0.1, 0.15) is 5.69 Å². The van der Waals surface area contributed by atoms with Gasteiger partial charge in [0.15, 0.2) is 5.52 Å². The van der Waals surface area contributed by atoms with Crippen LogP contribution in [0.2, 0.25) is 0 Å². The molecule has 116 valence electrons. The van der Waals surface area contributed by atoms with E-state index in [1.165, 1.54) is 48.3 Å². The van der Waals surface area contributed by atoms with Gasteiger partial charge in [0.2, 0.25) is 0 Å². The first-order valence-electron chi connectivity index (χ1n) is 8.13. The van der Waals surface area contributed by atoms with Crippen LogP contribution in [-0.2, 0) is 7.05 Å². The van der Waals surface area contributed by atoms with E-state index in [4.69, 9.17) is 0 Å². The number of hydrogen-bond acceptors (Lipinski definition) is 2. The molecule has 0 saturated heterocycles. The maximum Gasteiger partial charge on any atom is 0.287 e. The van der Waals surface area contributed by atoms with Gasteiger partial charge in [0.05, 0.1) is 12.4 Å². The van der Waals surface area contributed by atoms with Crippen LogP contribution in [0.3, 0.4) is 0 Å². The van der Waals surface area contributed by atoms with Crippen molar-refractivity contribution < 1.29 is 4.57 Å². The third-order valence-electron chi connectivity index (χ3n) is 4.91. The monoisotopic (exact) mass is 329 g/mol. The van der Waals surface area contributed by atoms with Gasteiger partial charge in [-0.15, -0.1) is 0 Å². The molecule has 1 aliphatic rings. The SMILES string of the molecule is Cc1cc2c3c([n+](C)cnc3c1)-c1c(cc3ccccc3c1C)S2. The molecule has 0 N–H and O–H groups in total. The minimum atomic E-state index is 1.09. The Kier molecular flexibility index (Phi) is 2.80. The summed E-state index contributed by atoms with van der Waals surface area (Å²) in [5.41, 5.74) is 6.34. The highest BCUT2D eigenvalue weighted by molar-refractivity contribution is 7.99. The molecule has 4 aromatic rings. The molecule has 0 spiro atoms. The molecule has 0 unspecified atom stereocenters. The summed E-state index contributed by atoms with van der Waals surface area (Å²) in [6.45, 7) is 4.39. The Bertz CT molecular complexity index is 1160. The smallest absolute Gasteiger partial charge is 0.232 e. The zero-order chi connectivity index (χ0) is 16.4. The molecule has 0 bridgehead atoms. The molecule has 2 heterocycles. The van der Waals surface area contributed by atoms with Crippen molar-refractivity contribution in [1.82, 2.24) is 4.98 Å². The highest BCUT2D eigenvalue weighted by Crippen LogP contribution is 2.49. The van der Waals surface area contributed by atoms with E-state index in [1.54, 1.807) is 0 Å². The Morgan fingerprint density at radius 2 is 1.83 bits per heavy atom. The van der Waals surface area contributed by atoms with Crippen molar-refractivity contribution >= 4 is 33.4 Å². The topological polar surface area (TPSA) is 16.8 Å². The van der Waals surface area contributed by atoms with Crippen LogP contribution in [0.4, 0.5) is 0 Å². The van der Waals surface area contributed by atoms with Crippen LogP contribution in [0.1, 0.15) is 11.1 Å². The van der Waals surface area contributed by atoms with E-state index in [0.29, 0.717) is 0 Å². The van der Waals surface area contributed by atoms with Crippen molar-refractivity contribution in [2.24, 2.45) is 7.05 Å². The largest absolute Gasteiger partial charge is 0.287 e. The second kappa shape index (κ2) is 4.81. The van der Waals surface area contributed by atoms with Crippen LogP contribution in [0.15, 0.2) is 58.6 Å². The number of hydrogen-bond donors (Lipinski definition) is 0. The quantitative estimate of drug-likeness (QED) is 0.373. The van der Waals surface area contributed by atoms with Crippen molar-refractivity contribution in [3.8, 4) is 11.3 Å². The van der Waals surface area contributed by atoms with Gasteiger partial charge < -0.3 is 0 Å². The third-order valence-corrected chi connectivity index (χ3v) is 6.00. The summed E-state index contributed by atoms with van der Waals surface area (Å²) >= 11 is 1.87. The Morgan fingerprint density at radius 1 is 1.00 bits per heavy atom. The molecule has 1 aromatic heterocycles. The molecule has 3 heteroatoms. The zero-order valence-corrected chi connectivity index (χ0v) is 14.7. The molecule has 0 aliphatic carbocycles. The summed E-state index contributed by atoms with van der Waals surface area (Å²) in [5, 5.41) is 3.92. The standard InChI is InChI=1S/C21H17N2S/c1-12-8-16-20-17(9-12)24-18-10-14-6-4-5-7-15(14)13(2)19(18)21(20)23(3)11-22-16/h4-11H,1-3H3/q+1. The average Bonchev–Trinajstić information content (AvgIpc) is 2.57. The lowest BCUT2D eigenvalue weighted by atomic mass is 9.95. The first kappa shape index (κ1) is 14.0. The Morgan fingerprint density at radius 3 is 2.71 bits per heavy atom. The average molecular weight is 329 g/mol. The number of rotatable bonds is 0. The number of benzene rings is 3. The molecule has 3 aromatic carbocycles. The zero-order valence-electron chi connectivity index (χ0n) is 13.9. The van der Waals surface area contributed by atoms with Crippen LogP contribution in [0, 0.1) is 13.8 Å². The van der Waals surface area contributed by atoms with Gasteiger partial charge in [0, 0.05) is 15.4 Å². The summed E-state index contributed by atoms with van der Waals surface area (Å²) in [6, 6.07) is 15.5. The van der Waals surface area contributed by atoms with Gasteiger partial charge >= 0.3 is 0 Å². The summed E-state index contributed by atoms with van der Waals surface area (Å²) in [7, 11) is 2.10. The summed E-state index contributed by atoms with van der Waals surface area (Å²) in [5.74, 6) is 0. The fraction of sp³-hybridized carbons (Fsp3) is 0.143. The maximum absolute atomic E-state index is 4.66. The molecule has 0 fully saturated rings. The van der Waals surface area contributed by atoms with Gasteiger partial charge in [-0.25, -0.2) is 4.57 Å². The van der Waals surface area contributed by atoms with E-state index in [2.05, 4.69) is 72.9 Å². The van der Waals surface area contributed by atoms with Crippen molar-refractivity contribution in [2.45, 2.75) is 23.6 Å². The fourth-order valence-corrected chi connectivity index (χ4v) is 5.15. The van der Waals surface area contributed by atoms with E-state index in [0.717, 1.165) is 5.52 Å². The second-order valence-corrected chi connectivity index (χ2v) is 7.64. The third kappa shape index (κ3) is 1.79. The molecule has 0 saturated carbocycles. The molecule has 1 aliphatic heterocycles. The molecule has 2 nitrogen and oxygen atoms in total. The number of aromatic nitrogens is 2. The van der Waals surface area contributed by atoms with Crippen molar-refractivity contribution in [3.05, 3.63) is 59.9 Å². The molecule has 24 heavy (non-hydrogen) atoms. The minimum absolute atomic E-state index is 1.09. The molecule has 0 radical (unpaired) electrons. The van der Waals surface area contributed by atoms with Gasteiger partial charge in [-0.05, 0) is 58.9 Å². The highest BCUT2D eigenvalue weighted by Gasteiger charge is 2.28. The summed E-state index contributed by atoms with van der Waals surface area (Å²) in [6.07, 6.45) is 1.94. The van der Waals surface area contributed by atoms with E-state index in [-0.39, 0.29) is 0 Å². The number of fused-ring (bicyclic) bond motifs is 3. The van der Waals surface area contributed by atoms with Crippen molar-refractivity contribution in [3.63, 3.8) is 0 Å². The van der Waals surface area contributed by atoms with Crippen LogP contribution >= 0.6 is 11.8 Å². The van der Waals surface area contributed by atoms with Gasteiger partial charge in [-0.2, -0.15) is 0 Å². The normalized spacial score (nSPS) is 12.6. The van der Waals surface area contributed by atoms with Gasteiger partial charge in [0.25, 0.3) is 6.33 Å². The van der Waals surface area contributed by atoms with E-state index in [1.807, 2.05) is 18.1 Å². The fourth-order valence-electron chi connectivity index (χ4n) is 3.83. The highest BCUT2D eigenvalue weighted by atomic mass is 32.2. The second-order valence-electron chi connectivity index (χ2n) is 6.56. The Balaban J connectivity index is 2.01. The van der Waals surface area contributed by atoms with E-state index in [9.17, 15) is 0 Å². The Hall–Kier alpha value is -2.39. The van der Waals surface area contributed by atoms with Gasteiger partial charge in [-0.1, -0.05) is 36.0 Å². The molecule has 5 rings (SSSR count). The van der Waals surface area contributed by atoms with Crippen LogP contribution in [-0.4, -0.2) is 4.98 Å². The molecular weight excluding hydrogens is 312 g/mol. The molecule has 0 amide bonds. The van der Waals surface area contributed by atoms with Crippen LogP contribution in [0.25, 0.3) is 32.9 Å². The maximum atomic E-state index is 4.66. The van der Waals surface area contributed by atoms with Crippen molar-refractivity contribution in [2.75, 3.05) is 0 Å². The molecular formula is C21H17N2S+. The summed E-state index contributed by atoms with van der Waals surface area (Å²) < 4.78 is 2.17. The number of nitrogens with zero attached hydrogens (tertiary/aromatic N) is 2. The van der Waals surface area contributed by atoms with Crippen LogP contribution < -0.4 is 4.57 Å². The van der Waals surface area contributed by atoms with Crippen molar-refractivity contribution in [1.29, 1.82) is 0 Å². The number of aryl methyl sites for hydroxylation is 3.